The molecule has 2 aromatic carbocycles. The number of benzene rings is 2. The van der Waals surface area contributed by atoms with Gasteiger partial charge in [-0.1, -0.05) is 60.8 Å². The zero-order valence-electron chi connectivity index (χ0n) is 14.9. The summed E-state index contributed by atoms with van der Waals surface area (Å²) in [6.07, 6.45) is 5.44. The Kier molecular flexibility index (Phi) is 4.80. The third-order valence-corrected chi connectivity index (χ3v) is 6.81. The quantitative estimate of drug-likeness (QED) is 0.319. The van der Waals surface area contributed by atoms with Gasteiger partial charge in [0.15, 0.2) is 11.0 Å². The summed E-state index contributed by atoms with van der Waals surface area (Å²) in [7, 11) is 2.13. The van der Waals surface area contributed by atoms with Gasteiger partial charge in [0.25, 0.3) is 5.82 Å². The molecule has 1 aromatic heterocycles. The SMILES string of the molecule is C=C1Sc2ccccc2C/C=C\C(C)=C1c1n(I)c2ccccc2[n+]1C. The van der Waals surface area contributed by atoms with E-state index >= 15 is 0 Å². The minimum atomic E-state index is 0.945. The maximum absolute atomic E-state index is 4.46. The van der Waals surface area contributed by atoms with Crippen LogP contribution in [0.3, 0.4) is 0 Å². The number of rotatable bonds is 1. The van der Waals surface area contributed by atoms with Crippen LogP contribution in [0.2, 0.25) is 0 Å². The number of fused-ring (bicyclic) bond motifs is 2. The molecule has 4 heteroatoms. The number of thioether (sulfide) groups is 1. The fourth-order valence-electron chi connectivity index (χ4n) is 3.46. The monoisotopic (exact) mass is 471 g/mol. The molecule has 2 heterocycles. The third kappa shape index (κ3) is 2.95. The van der Waals surface area contributed by atoms with Gasteiger partial charge in [-0.25, -0.2) is 4.57 Å². The van der Waals surface area contributed by atoms with Gasteiger partial charge in [-0.05, 0) is 42.7 Å². The second-order valence-electron chi connectivity index (χ2n) is 6.45. The summed E-state index contributed by atoms with van der Waals surface area (Å²) in [5.41, 5.74) is 6.23. The Morgan fingerprint density at radius 1 is 1.12 bits per heavy atom. The van der Waals surface area contributed by atoms with Crippen molar-refractivity contribution < 1.29 is 4.57 Å². The van der Waals surface area contributed by atoms with Gasteiger partial charge < -0.3 is 0 Å². The number of allylic oxidation sites excluding steroid dienone is 4. The highest BCUT2D eigenvalue weighted by molar-refractivity contribution is 14.1. The molecule has 0 unspecified atom stereocenters. The number of nitrogens with zero attached hydrogens (tertiary/aromatic N) is 2. The van der Waals surface area contributed by atoms with Crippen LogP contribution in [0.4, 0.5) is 0 Å². The first kappa shape index (κ1) is 17.6. The summed E-state index contributed by atoms with van der Waals surface area (Å²) in [4.78, 5) is 2.37. The molecule has 0 bridgehead atoms. The van der Waals surface area contributed by atoms with E-state index in [1.165, 1.54) is 38.5 Å². The smallest absolute Gasteiger partial charge is 0.225 e. The lowest BCUT2D eigenvalue weighted by molar-refractivity contribution is -0.647. The molecule has 2 nitrogen and oxygen atoms in total. The molecule has 0 amide bonds. The topological polar surface area (TPSA) is 8.81 Å². The molecule has 0 radical (unpaired) electrons. The van der Waals surface area contributed by atoms with Crippen LogP contribution >= 0.6 is 34.6 Å². The first-order valence-corrected chi connectivity index (χ1v) is 10.3. The maximum atomic E-state index is 4.46. The second kappa shape index (κ2) is 7.08. The Hall–Kier alpha value is -1.79. The Morgan fingerprint density at radius 3 is 2.65 bits per heavy atom. The molecule has 0 fully saturated rings. The standard InChI is InChI=1S/C22H20IN2S/c1-15-9-8-11-17-10-4-7-14-20(17)26-16(2)21(15)22-24(3)18-12-5-6-13-19(18)25(22)23/h4-10,12-14H,2,11H2,1,3H3/q+1/b9-8-,21-15?. The van der Waals surface area contributed by atoms with Crippen LogP contribution in [-0.2, 0) is 13.5 Å². The van der Waals surface area contributed by atoms with E-state index in [0.29, 0.717) is 0 Å². The highest BCUT2D eigenvalue weighted by atomic mass is 127. The van der Waals surface area contributed by atoms with Gasteiger partial charge in [-0.2, -0.15) is 2.78 Å². The molecular formula is C22H20IN2S+. The van der Waals surface area contributed by atoms with Crippen molar-refractivity contribution in [3.63, 3.8) is 0 Å². The minimum Gasteiger partial charge on any atom is -0.225 e. The summed E-state index contributed by atoms with van der Waals surface area (Å²) in [6, 6.07) is 17.1. The van der Waals surface area contributed by atoms with E-state index in [0.717, 1.165) is 11.3 Å². The molecule has 0 spiro atoms. The molecule has 0 N–H and O–H groups in total. The van der Waals surface area contributed by atoms with Crippen LogP contribution in [0, 0.1) is 0 Å². The Labute approximate surface area is 172 Å². The molecule has 0 saturated heterocycles. The van der Waals surface area contributed by atoms with Crippen molar-refractivity contribution in [2.24, 2.45) is 7.05 Å². The highest BCUT2D eigenvalue weighted by Gasteiger charge is 2.28. The van der Waals surface area contributed by atoms with Gasteiger partial charge in [-0.3, -0.25) is 0 Å². The fraction of sp³-hybridized carbons (Fsp3) is 0.136. The zero-order valence-corrected chi connectivity index (χ0v) is 17.8. The van der Waals surface area contributed by atoms with Crippen LogP contribution in [0.25, 0.3) is 16.6 Å². The van der Waals surface area contributed by atoms with Crippen LogP contribution in [0.1, 0.15) is 18.3 Å². The number of imidazole rings is 1. The molecule has 1 aliphatic heterocycles. The van der Waals surface area contributed by atoms with Crippen molar-refractivity contribution in [2.45, 2.75) is 18.2 Å². The molecule has 1 aliphatic rings. The number of aryl methyl sites for hydroxylation is 1. The molecule has 0 saturated carbocycles. The Balaban J connectivity index is 1.93. The van der Waals surface area contributed by atoms with Crippen LogP contribution in [-0.4, -0.2) is 2.78 Å². The van der Waals surface area contributed by atoms with Gasteiger partial charge in [0.2, 0.25) is 22.9 Å². The molecule has 0 aliphatic carbocycles. The third-order valence-electron chi connectivity index (χ3n) is 4.77. The highest BCUT2D eigenvalue weighted by Crippen LogP contribution is 2.40. The summed E-state index contributed by atoms with van der Waals surface area (Å²) >= 11 is 4.17. The molecule has 130 valence electrons. The zero-order chi connectivity index (χ0) is 18.3. The number of para-hydroxylation sites is 2. The maximum Gasteiger partial charge on any atom is 0.299 e. The van der Waals surface area contributed by atoms with Crippen molar-refractivity contribution >= 4 is 51.2 Å². The van der Waals surface area contributed by atoms with Gasteiger partial charge in [0, 0.05) is 9.80 Å². The second-order valence-corrected chi connectivity index (χ2v) is 8.55. The van der Waals surface area contributed by atoms with E-state index in [9.17, 15) is 0 Å². The van der Waals surface area contributed by atoms with Crippen LogP contribution < -0.4 is 4.57 Å². The largest absolute Gasteiger partial charge is 0.299 e. The first-order chi connectivity index (χ1) is 12.6. The number of halogens is 1. The summed E-state index contributed by atoms with van der Waals surface area (Å²) in [5.74, 6) is 1.17. The number of aromatic nitrogens is 2. The van der Waals surface area contributed by atoms with Gasteiger partial charge >= 0.3 is 0 Å². The average molecular weight is 471 g/mol. The average Bonchev–Trinajstić information content (AvgIpc) is 2.91. The Bertz CT molecular complexity index is 1050. The van der Waals surface area contributed by atoms with E-state index in [1.54, 1.807) is 11.8 Å². The minimum absolute atomic E-state index is 0.945. The van der Waals surface area contributed by atoms with Gasteiger partial charge in [0.1, 0.15) is 0 Å². The lowest BCUT2D eigenvalue weighted by Crippen LogP contribution is -2.32. The molecule has 3 aromatic rings. The lowest BCUT2D eigenvalue weighted by atomic mass is 10.1. The number of hydrogen-bond acceptors (Lipinski definition) is 1. The number of hydrogen-bond donors (Lipinski definition) is 0. The van der Waals surface area contributed by atoms with E-state index in [4.69, 9.17) is 0 Å². The van der Waals surface area contributed by atoms with E-state index in [-0.39, 0.29) is 0 Å². The summed E-state index contributed by atoms with van der Waals surface area (Å²) in [6.45, 7) is 6.64. The van der Waals surface area contributed by atoms with Crippen molar-refractivity contribution in [1.29, 1.82) is 0 Å². The van der Waals surface area contributed by atoms with Crippen molar-refractivity contribution in [3.05, 3.63) is 89.1 Å². The predicted molar refractivity (Wildman–Crippen MR) is 119 cm³/mol. The van der Waals surface area contributed by atoms with E-state index in [1.807, 2.05) is 0 Å². The van der Waals surface area contributed by atoms with Gasteiger partial charge in [-0.15, -0.1) is 0 Å². The molecule has 0 atom stereocenters. The molecule has 4 rings (SSSR count). The van der Waals surface area contributed by atoms with Crippen LogP contribution in [0.15, 0.2) is 82.6 Å². The molecule has 26 heavy (non-hydrogen) atoms. The van der Waals surface area contributed by atoms with Crippen LogP contribution in [0.5, 0.6) is 0 Å². The predicted octanol–water partition coefficient (Wildman–Crippen LogP) is 5.86. The van der Waals surface area contributed by atoms with E-state index < -0.39 is 0 Å². The summed E-state index contributed by atoms with van der Waals surface area (Å²) in [5, 5.41) is 0. The van der Waals surface area contributed by atoms with Crippen molar-refractivity contribution in [1.82, 2.24) is 2.78 Å². The lowest BCUT2D eigenvalue weighted by Gasteiger charge is -2.11. The normalized spacial score (nSPS) is 16.2. The fourth-order valence-corrected chi connectivity index (χ4v) is 5.48. The first-order valence-electron chi connectivity index (χ1n) is 8.56. The molecular weight excluding hydrogens is 451 g/mol. The van der Waals surface area contributed by atoms with Crippen molar-refractivity contribution in [3.8, 4) is 0 Å². The van der Waals surface area contributed by atoms with Gasteiger partial charge in [0.05, 0.1) is 12.6 Å². The summed E-state index contributed by atoms with van der Waals surface area (Å²) < 4.78 is 4.51. The van der Waals surface area contributed by atoms with E-state index in [2.05, 4.69) is 111 Å². The Morgan fingerprint density at radius 2 is 1.85 bits per heavy atom. The van der Waals surface area contributed by atoms with Crippen molar-refractivity contribution in [2.75, 3.05) is 0 Å².